The lowest BCUT2D eigenvalue weighted by Crippen LogP contribution is -2.59. The second-order valence-electron chi connectivity index (χ2n) is 10.7. The second-order valence-corrected chi connectivity index (χ2v) is 10.7. The van der Waals surface area contributed by atoms with Gasteiger partial charge in [0.05, 0.1) is 6.42 Å². The van der Waals surface area contributed by atoms with E-state index in [1.165, 1.54) is 48.1 Å². The molecular formula is C26H43N5O5. The highest BCUT2D eigenvalue weighted by atomic mass is 16.5. The number of carbonyl (C=O) groups excluding carboxylic acids is 4. The molecule has 1 fully saturated rings. The summed E-state index contributed by atoms with van der Waals surface area (Å²) in [5.74, 6) is -1.33. The molecule has 3 N–H and O–H groups in total. The van der Waals surface area contributed by atoms with Crippen LogP contribution in [0.2, 0.25) is 0 Å². The summed E-state index contributed by atoms with van der Waals surface area (Å²) in [6, 6.07) is -1.06. The van der Waals surface area contributed by atoms with Crippen molar-refractivity contribution in [1.82, 2.24) is 25.5 Å². The Kier molecular flexibility index (Phi) is 12.1. The van der Waals surface area contributed by atoms with Crippen LogP contribution in [0.15, 0.2) is 12.4 Å². The van der Waals surface area contributed by atoms with Gasteiger partial charge in [-0.15, -0.1) is 0 Å². The molecule has 36 heavy (non-hydrogen) atoms. The lowest BCUT2D eigenvalue weighted by atomic mass is 9.97. The number of aromatic amines is 1. The van der Waals surface area contributed by atoms with Crippen molar-refractivity contribution in [2.45, 2.75) is 97.9 Å². The number of H-pyrrole nitrogens is 1. The zero-order valence-electron chi connectivity index (χ0n) is 22.2. The molecule has 1 aliphatic rings. The lowest BCUT2D eigenvalue weighted by molar-refractivity contribution is -0.175. The number of amides is 3. The maximum Gasteiger partial charge on any atom is 0.268 e. The van der Waals surface area contributed by atoms with Crippen LogP contribution in [0, 0.1) is 17.8 Å². The molecule has 0 saturated heterocycles. The molecule has 1 aromatic rings. The zero-order chi connectivity index (χ0) is 26.7. The van der Waals surface area contributed by atoms with E-state index < -0.39 is 30.1 Å². The predicted molar refractivity (Wildman–Crippen MR) is 135 cm³/mol. The van der Waals surface area contributed by atoms with Gasteiger partial charge in [-0.1, -0.05) is 66.2 Å². The molecule has 0 spiro atoms. The van der Waals surface area contributed by atoms with Gasteiger partial charge in [0.25, 0.3) is 5.91 Å². The third kappa shape index (κ3) is 9.04. The van der Waals surface area contributed by atoms with Crippen LogP contribution < -0.4 is 5.48 Å². The SMILES string of the molecule is CC(C)CCC(=O)N([C@@H](CCCC1CCCC1)C(=O)NO)N(CC(C)C)C(=O)CC(=O)c1ncc[nH]1. The first kappa shape index (κ1) is 29.5. The van der Waals surface area contributed by atoms with E-state index in [9.17, 15) is 24.4 Å². The number of ketones is 1. The summed E-state index contributed by atoms with van der Waals surface area (Å²) < 4.78 is 0. The van der Waals surface area contributed by atoms with E-state index in [4.69, 9.17) is 0 Å². The number of nitrogens with one attached hydrogen (secondary N) is 2. The van der Waals surface area contributed by atoms with Crippen LogP contribution in [0.25, 0.3) is 0 Å². The van der Waals surface area contributed by atoms with Crippen LogP contribution in [-0.4, -0.2) is 61.3 Å². The Labute approximate surface area is 214 Å². The van der Waals surface area contributed by atoms with Gasteiger partial charge in [0.15, 0.2) is 5.82 Å². The molecule has 0 aliphatic heterocycles. The third-order valence-electron chi connectivity index (χ3n) is 6.62. The van der Waals surface area contributed by atoms with Crippen molar-refractivity contribution in [3.8, 4) is 0 Å². The normalized spacial score (nSPS) is 14.8. The van der Waals surface area contributed by atoms with Crippen molar-refractivity contribution in [2.24, 2.45) is 17.8 Å². The van der Waals surface area contributed by atoms with Gasteiger partial charge in [0.1, 0.15) is 6.04 Å². The Morgan fingerprint density at radius 3 is 2.33 bits per heavy atom. The van der Waals surface area contributed by atoms with E-state index in [1.807, 2.05) is 27.7 Å². The molecule has 1 aromatic heterocycles. The standard InChI is InChI=1S/C26H43N5O5/c1-18(2)12-13-23(33)31(21(26(35)29-36)11-7-10-20-8-5-6-9-20)30(17-19(3)4)24(34)16-22(32)25-27-14-15-28-25/h14-15,18-21,36H,5-13,16-17H2,1-4H3,(H,27,28)(H,29,35)/t21-/m0/s1. The van der Waals surface area contributed by atoms with Gasteiger partial charge in [-0.25, -0.2) is 15.5 Å². The second kappa shape index (κ2) is 14.7. The molecular weight excluding hydrogens is 462 g/mol. The molecule has 10 heteroatoms. The van der Waals surface area contributed by atoms with Crippen molar-refractivity contribution in [3.05, 3.63) is 18.2 Å². The van der Waals surface area contributed by atoms with E-state index in [0.29, 0.717) is 25.2 Å². The minimum absolute atomic E-state index is 0.0376. The lowest BCUT2D eigenvalue weighted by Gasteiger charge is -2.40. The maximum absolute atomic E-state index is 13.5. The predicted octanol–water partition coefficient (Wildman–Crippen LogP) is 3.88. The summed E-state index contributed by atoms with van der Waals surface area (Å²) in [4.78, 5) is 59.1. The van der Waals surface area contributed by atoms with E-state index in [1.54, 1.807) is 5.48 Å². The molecule has 10 nitrogen and oxygen atoms in total. The third-order valence-corrected chi connectivity index (χ3v) is 6.62. The fourth-order valence-corrected chi connectivity index (χ4v) is 4.73. The van der Waals surface area contributed by atoms with Crippen LogP contribution in [0.5, 0.6) is 0 Å². The summed E-state index contributed by atoms with van der Waals surface area (Å²) in [6.07, 6.45) is 9.84. The molecule has 0 aromatic carbocycles. The van der Waals surface area contributed by atoms with Crippen molar-refractivity contribution in [3.63, 3.8) is 0 Å². The molecule has 1 heterocycles. The highest BCUT2D eigenvalue weighted by Crippen LogP contribution is 2.30. The van der Waals surface area contributed by atoms with E-state index in [0.717, 1.165) is 6.42 Å². The number of aromatic nitrogens is 2. The highest BCUT2D eigenvalue weighted by molar-refractivity contribution is 6.05. The van der Waals surface area contributed by atoms with Gasteiger partial charge in [-0.3, -0.25) is 29.4 Å². The van der Waals surface area contributed by atoms with E-state index in [2.05, 4.69) is 9.97 Å². The Bertz CT molecular complexity index is 849. The molecule has 202 valence electrons. The Balaban J connectivity index is 2.33. The molecule has 1 saturated carbocycles. The number of Topliss-reactive ketones (excluding diaryl/α,β-unsaturated/α-hetero) is 1. The van der Waals surface area contributed by atoms with Crippen molar-refractivity contribution < 1.29 is 24.4 Å². The fraction of sp³-hybridized carbons (Fsp3) is 0.731. The summed E-state index contributed by atoms with van der Waals surface area (Å²) >= 11 is 0. The van der Waals surface area contributed by atoms with Gasteiger partial charge >= 0.3 is 0 Å². The van der Waals surface area contributed by atoms with Crippen molar-refractivity contribution in [1.29, 1.82) is 0 Å². The van der Waals surface area contributed by atoms with E-state index >= 15 is 0 Å². The number of carbonyl (C=O) groups is 4. The highest BCUT2D eigenvalue weighted by Gasteiger charge is 2.37. The van der Waals surface area contributed by atoms with E-state index in [-0.39, 0.29) is 36.5 Å². The number of hydrazine groups is 1. The maximum atomic E-state index is 13.5. The number of imidazole rings is 1. The minimum Gasteiger partial charge on any atom is -0.342 e. The summed E-state index contributed by atoms with van der Waals surface area (Å²) in [6.45, 7) is 7.93. The molecule has 1 atom stereocenters. The number of rotatable bonds is 14. The molecule has 0 bridgehead atoms. The van der Waals surface area contributed by atoms with Crippen LogP contribution in [0.4, 0.5) is 0 Å². The Morgan fingerprint density at radius 2 is 1.78 bits per heavy atom. The first-order valence-electron chi connectivity index (χ1n) is 13.2. The van der Waals surface area contributed by atoms with Crippen LogP contribution in [0.3, 0.4) is 0 Å². The van der Waals surface area contributed by atoms with Gasteiger partial charge in [0.2, 0.25) is 17.6 Å². The van der Waals surface area contributed by atoms with Crippen LogP contribution in [0.1, 0.15) is 103 Å². The summed E-state index contributed by atoms with van der Waals surface area (Å²) in [5, 5.41) is 12.0. The monoisotopic (exact) mass is 505 g/mol. The van der Waals surface area contributed by atoms with Crippen molar-refractivity contribution >= 4 is 23.5 Å². The first-order chi connectivity index (χ1) is 17.1. The summed E-state index contributed by atoms with van der Waals surface area (Å²) in [5.41, 5.74) is 1.70. The quantitative estimate of drug-likeness (QED) is 0.152. The van der Waals surface area contributed by atoms with Crippen LogP contribution >= 0.6 is 0 Å². The average Bonchev–Trinajstić information content (AvgIpc) is 3.55. The smallest absolute Gasteiger partial charge is 0.268 e. The van der Waals surface area contributed by atoms with Crippen molar-refractivity contribution in [2.75, 3.05) is 6.54 Å². The minimum atomic E-state index is -1.06. The Morgan fingerprint density at radius 1 is 1.08 bits per heavy atom. The van der Waals surface area contributed by atoms with Gasteiger partial charge < -0.3 is 4.98 Å². The van der Waals surface area contributed by atoms with Crippen LogP contribution in [-0.2, 0) is 14.4 Å². The number of nitrogens with zero attached hydrogens (tertiary/aromatic N) is 3. The summed E-state index contributed by atoms with van der Waals surface area (Å²) in [7, 11) is 0. The number of hydrogen-bond donors (Lipinski definition) is 3. The van der Waals surface area contributed by atoms with Gasteiger partial charge in [-0.05, 0) is 30.6 Å². The molecule has 2 rings (SSSR count). The Hall–Kier alpha value is -2.75. The zero-order valence-corrected chi connectivity index (χ0v) is 22.2. The molecule has 3 amide bonds. The largest absolute Gasteiger partial charge is 0.342 e. The first-order valence-corrected chi connectivity index (χ1v) is 13.2. The van der Waals surface area contributed by atoms with Gasteiger partial charge in [-0.2, -0.15) is 0 Å². The number of hydroxylamine groups is 1. The average molecular weight is 506 g/mol. The van der Waals surface area contributed by atoms with Gasteiger partial charge in [0, 0.05) is 25.4 Å². The topological polar surface area (TPSA) is 136 Å². The fourth-order valence-electron chi connectivity index (χ4n) is 4.73. The molecule has 1 aliphatic carbocycles. The number of hydrogen-bond acceptors (Lipinski definition) is 6. The molecule has 0 radical (unpaired) electrons. The molecule has 0 unspecified atom stereocenters.